The molecule has 3 unspecified atom stereocenters. The lowest BCUT2D eigenvalue weighted by molar-refractivity contribution is 0.0334. The highest BCUT2D eigenvalue weighted by Crippen LogP contribution is 2.29. The first-order valence-electron chi connectivity index (χ1n) is 5.97. The zero-order chi connectivity index (χ0) is 11.8. The minimum absolute atomic E-state index is 0.332. The van der Waals surface area contributed by atoms with Crippen molar-refractivity contribution in [1.29, 1.82) is 0 Å². The van der Waals surface area contributed by atoms with Gasteiger partial charge >= 0.3 is 0 Å². The summed E-state index contributed by atoms with van der Waals surface area (Å²) >= 11 is 0. The van der Waals surface area contributed by atoms with Gasteiger partial charge < -0.3 is 15.4 Å². The Balaban J connectivity index is 1.84. The highest BCUT2D eigenvalue weighted by molar-refractivity contribution is 7.13. The summed E-state index contributed by atoms with van der Waals surface area (Å²) in [7, 11) is 2.77. The summed E-state index contributed by atoms with van der Waals surface area (Å²) in [6, 6.07) is 8.59. The first-order valence-corrected chi connectivity index (χ1v) is 6.49. The quantitative estimate of drug-likeness (QED) is 0.596. The average Bonchev–Trinajstić information content (AvgIpc) is 2.70. The van der Waals surface area contributed by atoms with Crippen LogP contribution in [0.2, 0.25) is 0 Å². The molecule has 92 valence electrons. The molecule has 3 rings (SSSR count). The first-order chi connectivity index (χ1) is 8.24. The van der Waals surface area contributed by atoms with Crippen LogP contribution in [0, 0.1) is 0 Å². The lowest BCUT2D eigenvalue weighted by Gasteiger charge is -2.38. The summed E-state index contributed by atoms with van der Waals surface area (Å²) in [5, 5.41) is 0. The third-order valence-electron chi connectivity index (χ3n) is 3.55. The Hall–Kier alpha value is -0.830. The fraction of sp³-hybridized carbons (Fsp3) is 0.500. The van der Waals surface area contributed by atoms with E-state index in [-0.39, 0.29) is 0 Å². The molecule has 0 aliphatic carbocycles. The Morgan fingerprint density at radius 3 is 2.76 bits per heavy atom. The SMILES string of the molecule is Nc1ccc(N2CCOC3CN(P)CC32)cc1. The number of rotatable bonds is 1. The fourth-order valence-electron chi connectivity index (χ4n) is 2.70. The van der Waals surface area contributed by atoms with Crippen molar-refractivity contribution in [1.82, 2.24) is 4.67 Å². The van der Waals surface area contributed by atoms with Crippen molar-refractivity contribution in [2.75, 3.05) is 36.9 Å². The second-order valence-electron chi connectivity index (χ2n) is 4.72. The zero-order valence-corrected chi connectivity index (χ0v) is 10.9. The number of hydrogen-bond donors (Lipinski definition) is 1. The molecule has 3 atom stereocenters. The van der Waals surface area contributed by atoms with Gasteiger partial charge in [-0.3, -0.25) is 4.67 Å². The highest BCUT2D eigenvalue weighted by atomic mass is 31.0. The number of fused-ring (bicyclic) bond motifs is 1. The third kappa shape index (κ3) is 2.13. The number of nitrogens with zero attached hydrogens (tertiary/aromatic N) is 2. The van der Waals surface area contributed by atoms with Crippen LogP contribution in [0.15, 0.2) is 24.3 Å². The Morgan fingerprint density at radius 1 is 1.24 bits per heavy atom. The summed E-state index contributed by atoms with van der Waals surface area (Å²) in [5.41, 5.74) is 7.80. The second kappa shape index (κ2) is 4.45. The smallest absolute Gasteiger partial charge is 0.0921 e. The van der Waals surface area contributed by atoms with E-state index >= 15 is 0 Å². The molecular formula is C12H18N3OP. The zero-order valence-electron chi connectivity index (χ0n) is 9.75. The Morgan fingerprint density at radius 2 is 2.00 bits per heavy atom. The predicted octanol–water partition coefficient (Wildman–Crippen LogP) is 0.948. The van der Waals surface area contributed by atoms with Gasteiger partial charge in [0.05, 0.1) is 18.8 Å². The van der Waals surface area contributed by atoms with Gasteiger partial charge in [0.15, 0.2) is 0 Å². The van der Waals surface area contributed by atoms with Crippen LogP contribution in [0.25, 0.3) is 0 Å². The highest BCUT2D eigenvalue weighted by Gasteiger charge is 2.38. The molecule has 0 spiro atoms. The van der Waals surface area contributed by atoms with Gasteiger partial charge in [0, 0.05) is 31.0 Å². The summed E-state index contributed by atoms with van der Waals surface area (Å²) in [6.07, 6.45) is 0.332. The fourth-order valence-corrected chi connectivity index (χ4v) is 3.13. The van der Waals surface area contributed by atoms with E-state index in [1.165, 1.54) is 5.69 Å². The van der Waals surface area contributed by atoms with Gasteiger partial charge in [-0.05, 0) is 24.3 Å². The molecule has 1 aromatic carbocycles. The number of ether oxygens (including phenoxy) is 1. The Bertz CT molecular complexity index is 397. The van der Waals surface area contributed by atoms with E-state index in [1.54, 1.807) is 0 Å². The van der Waals surface area contributed by atoms with Crippen molar-refractivity contribution < 1.29 is 4.74 Å². The molecule has 4 nitrogen and oxygen atoms in total. The van der Waals surface area contributed by atoms with Gasteiger partial charge in [0.2, 0.25) is 0 Å². The molecule has 0 radical (unpaired) electrons. The number of hydrogen-bond acceptors (Lipinski definition) is 4. The molecule has 2 heterocycles. The maximum Gasteiger partial charge on any atom is 0.0921 e. The second-order valence-corrected chi connectivity index (χ2v) is 5.45. The molecule has 1 aromatic rings. The molecular weight excluding hydrogens is 233 g/mol. The third-order valence-corrected chi connectivity index (χ3v) is 3.98. The van der Waals surface area contributed by atoms with E-state index in [2.05, 4.69) is 31.1 Å². The van der Waals surface area contributed by atoms with Crippen molar-refractivity contribution in [2.45, 2.75) is 12.1 Å². The summed E-state index contributed by atoms with van der Waals surface area (Å²) in [5.74, 6) is 0. The van der Waals surface area contributed by atoms with Crippen LogP contribution in [-0.4, -0.2) is 43.1 Å². The predicted molar refractivity (Wildman–Crippen MR) is 73.0 cm³/mol. The lowest BCUT2D eigenvalue weighted by atomic mass is 10.1. The van der Waals surface area contributed by atoms with Crippen molar-refractivity contribution in [2.24, 2.45) is 0 Å². The molecule has 2 saturated heterocycles. The van der Waals surface area contributed by atoms with E-state index in [0.29, 0.717) is 12.1 Å². The Labute approximate surface area is 104 Å². The Kier molecular flexibility index (Phi) is 2.95. The van der Waals surface area contributed by atoms with E-state index in [9.17, 15) is 0 Å². The summed E-state index contributed by atoms with van der Waals surface area (Å²) in [4.78, 5) is 2.44. The van der Waals surface area contributed by atoms with Crippen molar-refractivity contribution >= 4 is 20.8 Å². The van der Waals surface area contributed by atoms with Gasteiger partial charge in [0.25, 0.3) is 0 Å². The molecule has 0 aromatic heterocycles. The van der Waals surface area contributed by atoms with E-state index < -0.39 is 0 Å². The van der Waals surface area contributed by atoms with Gasteiger partial charge in [-0.15, -0.1) is 0 Å². The number of benzene rings is 1. The van der Waals surface area contributed by atoms with Crippen LogP contribution in [0.4, 0.5) is 11.4 Å². The van der Waals surface area contributed by atoms with Crippen molar-refractivity contribution in [3.63, 3.8) is 0 Å². The maximum absolute atomic E-state index is 5.83. The number of nitrogen functional groups attached to an aromatic ring is 1. The molecule has 0 bridgehead atoms. The van der Waals surface area contributed by atoms with Gasteiger partial charge in [-0.1, -0.05) is 9.39 Å². The van der Waals surface area contributed by atoms with Crippen LogP contribution in [0.5, 0.6) is 0 Å². The molecule has 5 heteroatoms. The van der Waals surface area contributed by atoms with E-state index in [0.717, 1.165) is 31.9 Å². The maximum atomic E-state index is 5.83. The largest absolute Gasteiger partial charge is 0.399 e. The normalized spacial score (nSPS) is 29.4. The van der Waals surface area contributed by atoms with Gasteiger partial charge in [-0.25, -0.2) is 0 Å². The molecule has 2 aliphatic rings. The molecule has 17 heavy (non-hydrogen) atoms. The number of nitrogens with two attached hydrogens (primary N) is 1. The van der Waals surface area contributed by atoms with Crippen LogP contribution in [-0.2, 0) is 4.74 Å². The monoisotopic (exact) mass is 251 g/mol. The summed E-state index contributed by atoms with van der Waals surface area (Å²) < 4.78 is 8.08. The molecule has 2 N–H and O–H groups in total. The van der Waals surface area contributed by atoms with Crippen molar-refractivity contribution in [3.8, 4) is 0 Å². The first kappa shape index (κ1) is 11.3. The van der Waals surface area contributed by atoms with Crippen LogP contribution in [0.1, 0.15) is 0 Å². The van der Waals surface area contributed by atoms with E-state index in [1.807, 2.05) is 12.1 Å². The standard InChI is InChI=1S/C12H18N3OP/c13-9-1-3-10(4-2-9)15-5-6-16-12-8-14(17)7-11(12)15/h1-4,11-12H,5-8,13,17H2. The van der Waals surface area contributed by atoms with Crippen LogP contribution in [0.3, 0.4) is 0 Å². The number of morpholine rings is 1. The molecule has 0 saturated carbocycles. The van der Waals surface area contributed by atoms with Crippen LogP contribution < -0.4 is 10.6 Å². The molecule has 0 amide bonds. The molecule has 2 aliphatic heterocycles. The number of anilines is 2. The summed E-state index contributed by atoms with van der Waals surface area (Å²) in [6.45, 7) is 3.81. The van der Waals surface area contributed by atoms with Gasteiger partial charge in [-0.2, -0.15) is 0 Å². The minimum atomic E-state index is 0.332. The van der Waals surface area contributed by atoms with Crippen LogP contribution >= 0.6 is 9.39 Å². The van der Waals surface area contributed by atoms with E-state index in [4.69, 9.17) is 10.5 Å². The van der Waals surface area contributed by atoms with Gasteiger partial charge in [0.1, 0.15) is 0 Å². The topological polar surface area (TPSA) is 41.7 Å². The lowest BCUT2D eigenvalue weighted by Crippen LogP contribution is -2.50. The minimum Gasteiger partial charge on any atom is -0.399 e. The molecule has 2 fully saturated rings. The average molecular weight is 251 g/mol. The van der Waals surface area contributed by atoms with Crippen molar-refractivity contribution in [3.05, 3.63) is 24.3 Å².